The number of Topliss-reactive ketones (excluding diaryl/α,β-unsaturated/α-hetero) is 1. The number of esters is 1. The van der Waals surface area contributed by atoms with Crippen LogP contribution >= 0.6 is 0 Å². The van der Waals surface area contributed by atoms with Crippen LogP contribution in [0.25, 0.3) is 0 Å². The van der Waals surface area contributed by atoms with Gasteiger partial charge in [0, 0.05) is 11.1 Å². The molecule has 0 bridgehead atoms. The van der Waals surface area contributed by atoms with Gasteiger partial charge >= 0.3 is 5.97 Å². The van der Waals surface area contributed by atoms with Crippen molar-refractivity contribution in [2.24, 2.45) is 5.92 Å². The van der Waals surface area contributed by atoms with Crippen molar-refractivity contribution < 1.29 is 34.4 Å². The molecule has 7 heteroatoms. The van der Waals surface area contributed by atoms with Gasteiger partial charge in [-0.15, -0.1) is 0 Å². The highest BCUT2D eigenvalue weighted by Gasteiger charge is 2.63. The lowest BCUT2D eigenvalue weighted by Crippen LogP contribution is -2.49. The Hall–Kier alpha value is -3.74. The average Bonchev–Trinajstić information content (AvgIpc) is 2.98. The van der Waals surface area contributed by atoms with Gasteiger partial charge in [0.25, 0.3) is 0 Å². The Balaban J connectivity index is 1.91. The first kappa shape index (κ1) is 15.5. The summed E-state index contributed by atoms with van der Waals surface area (Å²) in [6, 6.07) is 13.2. The summed E-state index contributed by atoms with van der Waals surface area (Å²) in [5, 5.41) is 30.3. The second kappa shape index (κ2) is 4.91. The number of aliphatic hydroxyl groups is 3. The highest BCUT2D eigenvalue weighted by molar-refractivity contribution is 6.04. The summed E-state index contributed by atoms with van der Waals surface area (Å²) < 4.78 is 11.4. The maximum absolute atomic E-state index is 12.9. The molecule has 5 rings (SSSR count). The van der Waals surface area contributed by atoms with E-state index >= 15 is 0 Å². The summed E-state index contributed by atoms with van der Waals surface area (Å²) >= 11 is 0. The van der Waals surface area contributed by atoms with E-state index in [4.69, 9.17) is 9.47 Å². The van der Waals surface area contributed by atoms with Crippen molar-refractivity contribution in [3.63, 3.8) is 0 Å². The summed E-state index contributed by atoms with van der Waals surface area (Å²) in [5.74, 6) is -5.70. The third kappa shape index (κ3) is 1.70. The SMILES string of the molecule is O=C1OC2(c3ccccc3OC3=C(O)C(O)=C(O)C(=O)C32)c2ccccc21. The Morgan fingerprint density at radius 3 is 2.26 bits per heavy atom. The third-order valence-electron chi connectivity index (χ3n) is 5.15. The number of ether oxygens (including phenoxy) is 2. The minimum absolute atomic E-state index is 0.266. The van der Waals surface area contributed by atoms with E-state index in [2.05, 4.69) is 0 Å². The van der Waals surface area contributed by atoms with E-state index in [1.807, 2.05) is 0 Å². The van der Waals surface area contributed by atoms with Crippen LogP contribution in [0.4, 0.5) is 0 Å². The molecule has 134 valence electrons. The summed E-state index contributed by atoms with van der Waals surface area (Å²) in [6.07, 6.45) is 0. The molecule has 0 radical (unpaired) electrons. The summed E-state index contributed by atoms with van der Waals surface area (Å²) in [5.41, 5.74) is -0.521. The number of rotatable bonds is 0. The third-order valence-corrected chi connectivity index (χ3v) is 5.15. The summed E-state index contributed by atoms with van der Waals surface area (Å²) in [4.78, 5) is 25.5. The van der Waals surface area contributed by atoms with E-state index in [-0.39, 0.29) is 17.1 Å². The Bertz CT molecular complexity index is 1110. The number of benzene rings is 2. The van der Waals surface area contributed by atoms with Crippen molar-refractivity contribution in [1.29, 1.82) is 0 Å². The molecule has 3 aliphatic rings. The lowest BCUT2D eigenvalue weighted by Gasteiger charge is -2.42. The van der Waals surface area contributed by atoms with Crippen molar-refractivity contribution in [1.82, 2.24) is 0 Å². The molecular weight excluding hydrogens is 352 g/mol. The quantitative estimate of drug-likeness (QED) is 0.616. The minimum Gasteiger partial charge on any atom is -0.502 e. The number of para-hydroxylation sites is 1. The first-order valence-electron chi connectivity index (χ1n) is 8.17. The molecule has 2 atom stereocenters. The Labute approximate surface area is 152 Å². The molecule has 2 heterocycles. The summed E-state index contributed by atoms with van der Waals surface area (Å²) in [6.45, 7) is 0. The molecule has 3 N–H and O–H groups in total. The highest BCUT2D eigenvalue weighted by Crippen LogP contribution is 2.57. The lowest BCUT2D eigenvalue weighted by atomic mass is 9.69. The largest absolute Gasteiger partial charge is 0.502 e. The van der Waals surface area contributed by atoms with Crippen molar-refractivity contribution in [3.05, 3.63) is 88.3 Å². The van der Waals surface area contributed by atoms with Crippen molar-refractivity contribution in [2.75, 3.05) is 0 Å². The zero-order valence-corrected chi connectivity index (χ0v) is 13.7. The number of carbonyl (C=O) groups excluding carboxylic acids is 2. The smallest absolute Gasteiger partial charge is 0.339 e. The van der Waals surface area contributed by atoms with Gasteiger partial charge < -0.3 is 24.8 Å². The number of fused-ring (bicyclic) bond motifs is 6. The van der Waals surface area contributed by atoms with Crippen LogP contribution in [0.15, 0.2) is 71.6 Å². The number of carbonyl (C=O) groups is 2. The Morgan fingerprint density at radius 2 is 1.48 bits per heavy atom. The van der Waals surface area contributed by atoms with Gasteiger partial charge in [-0.2, -0.15) is 0 Å². The van der Waals surface area contributed by atoms with E-state index in [0.29, 0.717) is 11.1 Å². The molecule has 0 saturated heterocycles. The van der Waals surface area contributed by atoms with Gasteiger partial charge in [-0.05, 0) is 12.1 Å². The molecule has 0 saturated carbocycles. The van der Waals surface area contributed by atoms with Gasteiger partial charge in [0.1, 0.15) is 11.7 Å². The second-order valence-electron chi connectivity index (χ2n) is 6.48. The molecule has 2 unspecified atom stereocenters. The number of ketones is 1. The molecule has 1 spiro atoms. The second-order valence-corrected chi connectivity index (χ2v) is 6.48. The van der Waals surface area contributed by atoms with Crippen LogP contribution in [0.2, 0.25) is 0 Å². The average molecular weight is 364 g/mol. The molecule has 2 aromatic rings. The molecule has 2 aliphatic heterocycles. The van der Waals surface area contributed by atoms with E-state index in [0.717, 1.165) is 0 Å². The van der Waals surface area contributed by atoms with Gasteiger partial charge in [0.2, 0.25) is 23.1 Å². The van der Waals surface area contributed by atoms with E-state index < -0.39 is 40.5 Å². The number of allylic oxidation sites excluding steroid dienone is 1. The fourth-order valence-corrected chi connectivity index (χ4v) is 4.01. The van der Waals surface area contributed by atoms with Crippen LogP contribution < -0.4 is 4.74 Å². The zero-order chi connectivity index (χ0) is 18.9. The van der Waals surface area contributed by atoms with E-state index in [1.54, 1.807) is 48.5 Å². The van der Waals surface area contributed by atoms with Crippen LogP contribution in [0, 0.1) is 5.92 Å². The lowest BCUT2D eigenvalue weighted by molar-refractivity contribution is -0.130. The van der Waals surface area contributed by atoms with Crippen LogP contribution in [-0.2, 0) is 15.1 Å². The van der Waals surface area contributed by atoms with Crippen molar-refractivity contribution >= 4 is 11.8 Å². The predicted molar refractivity (Wildman–Crippen MR) is 90.1 cm³/mol. The van der Waals surface area contributed by atoms with Gasteiger partial charge in [0.05, 0.1) is 5.56 Å². The van der Waals surface area contributed by atoms with Gasteiger partial charge in [-0.25, -0.2) is 4.79 Å². The molecule has 2 aromatic carbocycles. The van der Waals surface area contributed by atoms with E-state index in [1.165, 1.54) is 0 Å². The fourth-order valence-electron chi connectivity index (χ4n) is 4.01. The molecule has 0 amide bonds. The van der Waals surface area contributed by atoms with E-state index in [9.17, 15) is 24.9 Å². The number of hydrogen-bond donors (Lipinski definition) is 3. The minimum atomic E-state index is -1.63. The maximum Gasteiger partial charge on any atom is 0.339 e. The number of hydrogen-bond acceptors (Lipinski definition) is 7. The van der Waals surface area contributed by atoms with Crippen LogP contribution in [-0.4, -0.2) is 27.1 Å². The first-order chi connectivity index (χ1) is 13.0. The molecular formula is C20H12O7. The maximum atomic E-state index is 12.9. The van der Waals surface area contributed by atoms with Gasteiger partial charge in [-0.3, -0.25) is 4.79 Å². The fraction of sp³-hybridized carbons (Fsp3) is 0.100. The van der Waals surface area contributed by atoms with Crippen molar-refractivity contribution in [3.8, 4) is 5.75 Å². The molecule has 0 aromatic heterocycles. The molecule has 0 fully saturated rings. The van der Waals surface area contributed by atoms with Gasteiger partial charge in [0.15, 0.2) is 11.4 Å². The van der Waals surface area contributed by atoms with Gasteiger partial charge in [-0.1, -0.05) is 36.4 Å². The molecule has 1 aliphatic carbocycles. The first-order valence-corrected chi connectivity index (χ1v) is 8.17. The van der Waals surface area contributed by atoms with Crippen LogP contribution in [0.1, 0.15) is 21.5 Å². The zero-order valence-electron chi connectivity index (χ0n) is 13.7. The highest BCUT2D eigenvalue weighted by atomic mass is 16.6. The molecule has 27 heavy (non-hydrogen) atoms. The molecule has 7 nitrogen and oxygen atoms in total. The van der Waals surface area contributed by atoms with Crippen LogP contribution in [0.5, 0.6) is 5.75 Å². The number of aliphatic hydroxyl groups excluding tert-OH is 3. The van der Waals surface area contributed by atoms with Crippen molar-refractivity contribution in [2.45, 2.75) is 5.60 Å². The normalized spacial score (nSPS) is 25.7. The predicted octanol–water partition coefficient (Wildman–Crippen LogP) is 2.79. The van der Waals surface area contributed by atoms with Crippen LogP contribution in [0.3, 0.4) is 0 Å². The summed E-state index contributed by atoms with van der Waals surface area (Å²) in [7, 11) is 0. The Kier molecular flexibility index (Phi) is 2.82. The standard InChI is InChI=1S/C20H12O7/c21-14-13-18(17(24)16(23)15(14)22)26-12-8-4-3-7-11(12)20(13)10-6-2-1-5-9(10)19(25)27-20/h1-8,13,22-24H. The monoisotopic (exact) mass is 364 g/mol. The Morgan fingerprint density at radius 1 is 0.815 bits per heavy atom. The topological polar surface area (TPSA) is 113 Å².